The van der Waals surface area contributed by atoms with Crippen LogP contribution >= 0.6 is 0 Å². The van der Waals surface area contributed by atoms with Crippen molar-refractivity contribution >= 4 is 24.1 Å². The molecule has 3 heteroatoms. The molecule has 0 saturated heterocycles. The molecule has 0 saturated carbocycles. The van der Waals surface area contributed by atoms with Crippen molar-refractivity contribution in [2.75, 3.05) is 0 Å². The van der Waals surface area contributed by atoms with Crippen LogP contribution in [0.15, 0.2) is 25.3 Å². The summed E-state index contributed by atoms with van der Waals surface area (Å²) in [5.74, 6) is -1.22. The van der Waals surface area contributed by atoms with Crippen molar-refractivity contribution in [3.8, 4) is 0 Å². The van der Waals surface area contributed by atoms with Gasteiger partial charge in [0, 0.05) is 0 Å². The first-order chi connectivity index (χ1) is 7.19. The number of cyclic esters (lactones) is 2. The second-order valence-electron chi connectivity index (χ2n) is 3.08. The highest BCUT2D eigenvalue weighted by Gasteiger charge is 2.32. The summed E-state index contributed by atoms with van der Waals surface area (Å²) in [5, 5.41) is 0. The van der Waals surface area contributed by atoms with Crippen LogP contribution in [-0.2, 0) is 4.74 Å². The molecule has 0 aromatic heterocycles. The number of hydrogen-bond acceptors (Lipinski definition) is 3. The highest BCUT2D eigenvalue weighted by Crippen LogP contribution is 2.27. The Morgan fingerprint density at radius 2 is 1.80 bits per heavy atom. The quantitative estimate of drug-likeness (QED) is 0.543. The highest BCUT2D eigenvalue weighted by atomic mass is 16.6. The van der Waals surface area contributed by atoms with Crippen LogP contribution in [0.5, 0.6) is 0 Å². The first kappa shape index (κ1) is 9.40. The molecule has 15 heavy (non-hydrogen) atoms. The molecule has 3 nitrogen and oxygen atoms in total. The van der Waals surface area contributed by atoms with Gasteiger partial charge in [-0.3, -0.25) is 0 Å². The number of carbonyl (C=O) groups is 2. The smallest absolute Gasteiger partial charge is 0.347 e. The Bertz CT molecular complexity index is 498. The molecular weight excluding hydrogens is 192 g/mol. The molecule has 0 radical (unpaired) electrons. The molecule has 0 fully saturated rings. The number of ether oxygens (including phenoxy) is 1. The van der Waals surface area contributed by atoms with Gasteiger partial charge in [0.25, 0.3) is 0 Å². The van der Waals surface area contributed by atoms with E-state index >= 15 is 0 Å². The summed E-state index contributed by atoms with van der Waals surface area (Å²) in [6, 6.07) is 3.27. The summed E-state index contributed by atoms with van der Waals surface area (Å²) >= 11 is 0. The maximum absolute atomic E-state index is 11.4. The lowest BCUT2D eigenvalue weighted by Gasteiger charge is -2.03. The van der Waals surface area contributed by atoms with E-state index in [2.05, 4.69) is 17.9 Å². The molecular formula is C12H8O3. The van der Waals surface area contributed by atoms with Crippen LogP contribution in [0, 0.1) is 0 Å². The van der Waals surface area contributed by atoms with Crippen molar-refractivity contribution < 1.29 is 14.3 Å². The maximum Gasteiger partial charge on any atom is 0.347 e. The number of benzene rings is 1. The van der Waals surface area contributed by atoms with Crippen molar-refractivity contribution in [2.24, 2.45) is 0 Å². The summed E-state index contributed by atoms with van der Waals surface area (Å²) < 4.78 is 4.51. The molecule has 0 unspecified atom stereocenters. The first-order valence-corrected chi connectivity index (χ1v) is 4.37. The van der Waals surface area contributed by atoms with Crippen LogP contribution in [0.2, 0.25) is 0 Å². The van der Waals surface area contributed by atoms with Crippen molar-refractivity contribution in [1.82, 2.24) is 0 Å². The molecule has 0 aliphatic carbocycles. The van der Waals surface area contributed by atoms with E-state index in [1.54, 1.807) is 18.2 Å². The molecule has 0 atom stereocenters. The fourth-order valence-electron chi connectivity index (χ4n) is 1.61. The number of fused-ring (bicyclic) bond motifs is 1. The number of esters is 2. The topological polar surface area (TPSA) is 43.4 Å². The van der Waals surface area contributed by atoms with Gasteiger partial charge in [0.05, 0.1) is 11.1 Å². The van der Waals surface area contributed by atoms with Crippen LogP contribution in [0.4, 0.5) is 0 Å². The van der Waals surface area contributed by atoms with Gasteiger partial charge in [0.1, 0.15) is 0 Å². The lowest BCUT2D eigenvalue weighted by atomic mass is 9.97. The van der Waals surface area contributed by atoms with Gasteiger partial charge in [-0.05, 0) is 17.2 Å². The van der Waals surface area contributed by atoms with Gasteiger partial charge in [-0.2, -0.15) is 0 Å². The zero-order chi connectivity index (χ0) is 11.0. The second-order valence-corrected chi connectivity index (χ2v) is 3.08. The lowest BCUT2D eigenvalue weighted by Crippen LogP contribution is -1.99. The van der Waals surface area contributed by atoms with E-state index in [-0.39, 0.29) is 5.56 Å². The Balaban J connectivity index is 2.81. The summed E-state index contributed by atoms with van der Waals surface area (Å²) in [6.07, 6.45) is 3.13. The fraction of sp³-hybridized carbons (Fsp3) is 0. The molecule has 1 aromatic carbocycles. The van der Waals surface area contributed by atoms with Gasteiger partial charge in [-0.1, -0.05) is 31.4 Å². The zero-order valence-corrected chi connectivity index (χ0v) is 7.95. The number of rotatable bonds is 2. The van der Waals surface area contributed by atoms with E-state index < -0.39 is 11.9 Å². The molecule has 74 valence electrons. The van der Waals surface area contributed by atoms with E-state index in [9.17, 15) is 9.59 Å². The number of carbonyl (C=O) groups excluding carboxylic acids is 2. The van der Waals surface area contributed by atoms with Crippen LogP contribution in [0.25, 0.3) is 12.2 Å². The van der Waals surface area contributed by atoms with Crippen LogP contribution in [-0.4, -0.2) is 11.9 Å². The first-order valence-electron chi connectivity index (χ1n) is 4.37. The Labute approximate surface area is 86.7 Å². The van der Waals surface area contributed by atoms with Crippen LogP contribution < -0.4 is 0 Å². The van der Waals surface area contributed by atoms with Crippen LogP contribution in [0.1, 0.15) is 31.8 Å². The van der Waals surface area contributed by atoms with Gasteiger partial charge < -0.3 is 4.74 Å². The summed E-state index contributed by atoms with van der Waals surface area (Å²) in [6.45, 7) is 7.23. The molecule has 1 aliphatic heterocycles. The van der Waals surface area contributed by atoms with Crippen molar-refractivity contribution in [2.45, 2.75) is 0 Å². The molecule has 0 N–H and O–H groups in total. The largest absolute Gasteiger partial charge is 0.386 e. The van der Waals surface area contributed by atoms with Crippen LogP contribution in [0.3, 0.4) is 0 Å². The second kappa shape index (κ2) is 3.20. The Morgan fingerprint density at radius 1 is 1.07 bits per heavy atom. The predicted octanol–water partition coefficient (Wildman–Crippen LogP) is 2.28. The van der Waals surface area contributed by atoms with E-state index in [0.717, 1.165) is 5.56 Å². The maximum atomic E-state index is 11.4. The summed E-state index contributed by atoms with van der Waals surface area (Å²) in [4.78, 5) is 22.6. The van der Waals surface area contributed by atoms with E-state index in [0.29, 0.717) is 11.1 Å². The van der Waals surface area contributed by atoms with E-state index in [4.69, 9.17) is 0 Å². The SMILES string of the molecule is C=Cc1ccc2c(c1C=C)C(=O)OC2=O. The zero-order valence-electron chi connectivity index (χ0n) is 7.95. The highest BCUT2D eigenvalue weighted by molar-refractivity contribution is 6.16. The third-order valence-electron chi connectivity index (χ3n) is 2.31. The van der Waals surface area contributed by atoms with Gasteiger partial charge in [-0.15, -0.1) is 0 Å². The third kappa shape index (κ3) is 1.21. The molecule has 1 aliphatic rings. The molecule has 1 aromatic rings. The minimum atomic E-state index is -0.617. The molecule has 2 rings (SSSR count). The molecule has 0 bridgehead atoms. The summed E-state index contributed by atoms with van der Waals surface area (Å²) in [7, 11) is 0. The minimum absolute atomic E-state index is 0.285. The third-order valence-corrected chi connectivity index (χ3v) is 2.31. The van der Waals surface area contributed by atoms with Gasteiger partial charge in [0.15, 0.2) is 0 Å². The Kier molecular flexibility index (Phi) is 2.01. The molecule has 0 spiro atoms. The van der Waals surface area contributed by atoms with Gasteiger partial charge in [0.2, 0.25) is 0 Å². The minimum Gasteiger partial charge on any atom is -0.386 e. The Hall–Kier alpha value is -2.16. The molecule has 1 heterocycles. The lowest BCUT2D eigenvalue weighted by molar-refractivity contribution is 0.0444. The van der Waals surface area contributed by atoms with Crippen molar-refractivity contribution in [3.05, 3.63) is 47.5 Å². The predicted molar refractivity (Wildman–Crippen MR) is 56.4 cm³/mol. The Morgan fingerprint density at radius 3 is 2.40 bits per heavy atom. The molecule has 0 amide bonds. The average molecular weight is 200 g/mol. The van der Waals surface area contributed by atoms with Crippen molar-refractivity contribution in [1.29, 1.82) is 0 Å². The fourth-order valence-corrected chi connectivity index (χ4v) is 1.61. The van der Waals surface area contributed by atoms with E-state index in [1.165, 1.54) is 6.08 Å². The monoisotopic (exact) mass is 200 g/mol. The summed E-state index contributed by atoms with van der Waals surface area (Å²) in [5.41, 5.74) is 1.93. The number of hydrogen-bond donors (Lipinski definition) is 0. The normalized spacial score (nSPS) is 13.3. The van der Waals surface area contributed by atoms with E-state index in [1.807, 2.05) is 0 Å². The van der Waals surface area contributed by atoms with Crippen molar-refractivity contribution in [3.63, 3.8) is 0 Å². The van der Waals surface area contributed by atoms with Gasteiger partial charge in [-0.25, -0.2) is 9.59 Å². The average Bonchev–Trinajstić information content (AvgIpc) is 2.53. The van der Waals surface area contributed by atoms with Gasteiger partial charge >= 0.3 is 11.9 Å². The standard InChI is InChI=1S/C12H8O3/c1-3-7-5-6-9-10(8(7)4-2)12(14)15-11(9)13/h3-6H,1-2H2.